The van der Waals surface area contributed by atoms with Gasteiger partial charge >= 0.3 is 0 Å². The Morgan fingerprint density at radius 2 is 1.73 bits per heavy atom. The van der Waals surface area contributed by atoms with Gasteiger partial charge in [-0.05, 0) is 66.7 Å². The molecule has 1 saturated heterocycles. The monoisotopic (exact) mass is 615 g/mol. The van der Waals surface area contributed by atoms with Crippen molar-refractivity contribution < 1.29 is 23.6 Å². The Kier molecular flexibility index (Phi) is 8.28. The van der Waals surface area contributed by atoms with Crippen molar-refractivity contribution in [3.05, 3.63) is 119 Å². The van der Waals surface area contributed by atoms with E-state index in [1.54, 1.807) is 91.0 Å². The SMILES string of the molecule is O=C(Nc1cccc(S[C@H]2CC(=O)N(c3ccc(Br)cc3)C2=O)c1)/C(=C/c1ccco1)NC(=O)c1ccccc1. The molecule has 1 aliphatic heterocycles. The first kappa shape index (κ1) is 27.2. The summed E-state index contributed by atoms with van der Waals surface area (Å²) in [6.45, 7) is 0. The molecule has 10 heteroatoms. The number of furan rings is 1. The summed E-state index contributed by atoms with van der Waals surface area (Å²) in [5, 5.41) is 4.85. The van der Waals surface area contributed by atoms with Gasteiger partial charge in [-0.25, -0.2) is 4.90 Å². The van der Waals surface area contributed by atoms with Crippen LogP contribution in [0.3, 0.4) is 0 Å². The molecule has 2 heterocycles. The number of hydrogen-bond donors (Lipinski definition) is 2. The van der Waals surface area contributed by atoms with Crippen molar-refractivity contribution in [2.45, 2.75) is 16.6 Å². The molecule has 4 aromatic rings. The molecule has 5 rings (SSSR count). The van der Waals surface area contributed by atoms with Crippen LogP contribution in [0.2, 0.25) is 0 Å². The first-order valence-corrected chi connectivity index (χ1v) is 13.9. The zero-order valence-electron chi connectivity index (χ0n) is 20.9. The molecule has 0 saturated carbocycles. The summed E-state index contributed by atoms with van der Waals surface area (Å²) < 4.78 is 6.18. The predicted octanol–water partition coefficient (Wildman–Crippen LogP) is 5.88. The van der Waals surface area contributed by atoms with Gasteiger partial charge in [0.2, 0.25) is 11.8 Å². The Hall–Kier alpha value is -4.41. The number of amides is 4. The molecule has 2 N–H and O–H groups in total. The van der Waals surface area contributed by atoms with Crippen molar-refractivity contribution >= 4 is 68.8 Å². The molecule has 1 atom stereocenters. The van der Waals surface area contributed by atoms with Gasteiger partial charge in [-0.3, -0.25) is 19.2 Å². The minimum absolute atomic E-state index is 0.0106. The lowest BCUT2D eigenvalue weighted by Crippen LogP contribution is -2.31. The highest BCUT2D eigenvalue weighted by Gasteiger charge is 2.40. The molecule has 1 aromatic heterocycles. The van der Waals surface area contributed by atoms with Crippen LogP contribution in [-0.4, -0.2) is 28.9 Å². The topological polar surface area (TPSA) is 109 Å². The minimum atomic E-state index is -0.596. The number of nitrogens with zero attached hydrogens (tertiary/aromatic N) is 1. The summed E-state index contributed by atoms with van der Waals surface area (Å²) in [4.78, 5) is 53.6. The predicted molar refractivity (Wildman–Crippen MR) is 157 cm³/mol. The molecule has 1 fully saturated rings. The Morgan fingerprint density at radius 3 is 2.45 bits per heavy atom. The molecule has 3 aromatic carbocycles. The Balaban J connectivity index is 1.30. The lowest BCUT2D eigenvalue weighted by molar-refractivity contribution is -0.121. The zero-order valence-corrected chi connectivity index (χ0v) is 23.3. The number of halogens is 1. The van der Waals surface area contributed by atoms with Crippen LogP contribution in [0.5, 0.6) is 0 Å². The van der Waals surface area contributed by atoms with Crippen molar-refractivity contribution in [2.75, 3.05) is 10.2 Å². The van der Waals surface area contributed by atoms with Gasteiger partial charge in [-0.2, -0.15) is 0 Å². The van der Waals surface area contributed by atoms with Gasteiger partial charge in [0, 0.05) is 33.1 Å². The molecular formula is C30H22BrN3O5S. The third kappa shape index (κ3) is 6.41. The molecule has 0 unspecified atom stereocenters. The van der Waals surface area contributed by atoms with Crippen molar-refractivity contribution in [1.29, 1.82) is 0 Å². The molecule has 200 valence electrons. The van der Waals surface area contributed by atoms with E-state index in [0.29, 0.717) is 27.6 Å². The number of rotatable bonds is 8. The van der Waals surface area contributed by atoms with Crippen molar-refractivity contribution in [2.24, 2.45) is 0 Å². The number of nitrogens with one attached hydrogen (secondary N) is 2. The lowest BCUT2D eigenvalue weighted by atomic mass is 10.2. The van der Waals surface area contributed by atoms with Crippen LogP contribution in [0, 0.1) is 0 Å². The van der Waals surface area contributed by atoms with Gasteiger partial charge in [0.05, 0.1) is 17.2 Å². The maximum absolute atomic E-state index is 13.2. The quantitative estimate of drug-likeness (QED) is 0.189. The molecule has 0 spiro atoms. The van der Waals surface area contributed by atoms with E-state index in [2.05, 4.69) is 26.6 Å². The van der Waals surface area contributed by atoms with Crippen LogP contribution in [0.15, 0.2) is 117 Å². The van der Waals surface area contributed by atoms with Gasteiger partial charge in [-0.1, -0.05) is 40.2 Å². The van der Waals surface area contributed by atoms with Crippen LogP contribution >= 0.6 is 27.7 Å². The summed E-state index contributed by atoms with van der Waals surface area (Å²) in [6.07, 6.45) is 2.97. The maximum atomic E-state index is 13.2. The number of carbonyl (C=O) groups excluding carboxylic acids is 4. The van der Waals surface area contributed by atoms with Gasteiger partial charge in [0.1, 0.15) is 11.5 Å². The molecule has 0 aliphatic carbocycles. The zero-order chi connectivity index (χ0) is 28.1. The van der Waals surface area contributed by atoms with Crippen molar-refractivity contribution in [3.63, 3.8) is 0 Å². The second-order valence-corrected chi connectivity index (χ2v) is 10.9. The molecule has 4 amide bonds. The third-order valence-corrected chi connectivity index (χ3v) is 7.63. The minimum Gasteiger partial charge on any atom is -0.465 e. The highest BCUT2D eigenvalue weighted by molar-refractivity contribution is 9.10. The first-order chi connectivity index (χ1) is 19.4. The van der Waals surface area contributed by atoms with E-state index in [0.717, 1.165) is 4.47 Å². The average Bonchev–Trinajstić information content (AvgIpc) is 3.56. The molecule has 1 aliphatic rings. The Labute approximate surface area is 242 Å². The summed E-state index contributed by atoms with van der Waals surface area (Å²) in [5.41, 5.74) is 1.36. The van der Waals surface area contributed by atoms with E-state index in [9.17, 15) is 19.2 Å². The largest absolute Gasteiger partial charge is 0.465 e. The number of anilines is 2. The molecule has 0 bridgehead atoms. The molecule has 0 radical (unpaired) electrons. The van der Waals surface area contributed by atoms with E-state index < -0.39 is 17.1 Å². The lowest BCUT2D eigenvalue weighted by Gasteiger charge is -2.15. The number of benzene rings is 3. The smallest absolute Gasteiger partial charge is 0.272 e. The van der Waals surface area contributed by atoms with Gasteiger partial charge in [0.25, 0.3) is 11.8 Å². The van der Waals surface area contributed by atoms with E-state index >= 15 is 0 Å². The molecule has 8 nitrogen and oxygen atoms in total. The number of thioether (sulfide) groups is 1. The normalized spacial score (nSPS) is 15.3. The van der Waals surface area contributed by atoms with Crippen LogP contribution in [0.1, 0.15) is 22.5 Å². The second kappa shape index (κ2) is 12.2. The molecule has 40 heavy (non-hydrogen) atoms. The van der Waals surface area contributed by atoms with Crippen molar-refractivity contribution in [1.82, 2.24) is 5.32 Å². The van der Waals surface area contributed by atoms with E-state index in [1.165, 1.54) is 29.0 Å². The van der Waals surface area contributed by atoms with Crippen LogP contribution < -0.4 is 15.5 Å². The van der Waals surface area contributed by atoms with Gasteiger partial charge in [-0.15, -0.1) is 11.8 Å². The van der Waals surface area contributed by atoms with Crippen LogP contribution in [0.25, 0.3) is 6.08 Å². The summed E-state index contributed by atoms with van der Waals surface area (Å²) >= 11 is 4.61. The molecular weight excluding hydrogens is 594 g/mol. The fourth-order valence-corrected chi connectivity index (χ4v) is 5.40. The Bertz CT molecular complexity index is 1590. The first-order valence-electron chi connectivity index (χ1n) is 12.2. The highest BCUT2D eigenvalue weighted by atomic mass is 79.9. The number of imide groups is 1. The summed E-state index contributed by atoms with van der Waals surface area (Å²) in [5.74, 6) is -1.17. The Morgan fingerprint density at radius 1 is 0.950 bits per heavy atom. The summed E-state index contributed by atoms with van der Waals surface area (Å²) in [6, 6.07) is 25.8. The second-order valence-electron chi connectivity index (χ2n) is 8.73. The van der Waals surface area contributed by atoms with Crippen molar-refractivity contribution in [3.8, 4) is 0 Å². The van der Waals surface area contributed by atoms with E-state index in [4.69, 9.17) is 4.42 Å². The fourth-order valence-electron chi connectivity index (χ4n) is 4.03. The number of carbonyl (C=O) groups is 4. The fraction of sp³-hybridized carbons (Fsp3) is 0.0667. The number of hydrogen-bond acceptors (Lipinski definition) is 6. The van der Waals surface area contributed by atoms with Crippen LogP contribution in [-0.2, 0) is 14.4 Å². The van der Waals surface area contributed by atoms with E-state index in [1.807, 2.05) is 0 Å². The third-order valence-electron chi connectivity index (χ3n) is 5.92. The van der Waals surface area contributed by atoms with Crippen LogP contribution in [0.4, 0.5) is 11.4 Å². The highest BCUT2D eigenvalue weighted by Crippen LogP contribution is 2.35. The van der Waals surface area contributed by atoms with E-state index in [-0.39, 0.29) is 23.9 Å². The average molecular weight is 616 g/mol. The maximum Gasteiger partial charge on any atom is 0.272 e. The summed E-state index contributed by atoms with van der Waals surface area (Å²) in [7, 11) is 0. The van der Waals surface area contributed by atoms with Gasteiger partial charge in [0.15, 0.2) is 0 Å². The van der Waals surface area contributed by atoms with Gasteiger partial charge < -0.3 is 15.1 Å². The standard InChI is InChI=1S/C30H22BrN3O5S/c31-20-11-13-22(14-12-20)34-27(35)18-26(30(34)38)40-24-10-4-8-21(16-24)32-29(37)25(17-23-9-5-15-39-23)33-28(36)19-6-2-1-3-7-19/h1-17,26H,18H2,(H,32,37)(H,33,36)/b25-17-/t26-/m0/s1.